The molecule has 0 spiro atoms. The van der Waals surface area contributed by atoms with Gasteiger partial charge < -0.3 is 20.9 Å². The summed E-state index contributed by atoms with van der Waals surface area (Å²) in [6.45, 7) is 3.13. The highest BCUT2D eigenvalue weighted by Crippen LogP contribution is 2.31. The second-order valence-corrected chi connectivity index (χ2v) is 7.88. The normalized spacial score (nSPS) is 13.9. The van der Waals surface area contributed by atoms with Crippen LogP contribution in [0.4, 0.5) is 0 Å². The van der Waals surface area contributed by atoms with Crippen LogP contribution in [0, 0.1) is 0 Å². The first-order valence-electron chi connectivity index (χ1n) is 10.6. The first-order chi connectivity index (χ1) is 15.6. The van der Waals surface area contributed by atoms with E-state index >= 15 is 0 Å². The Kier molecular flexibility index (Phi) is 5.17. The van der Waals surface area contributed by atoms with E-state index in [9.17, 15) is 9.59 Å². The average molecular weight is 425 g/mol. The topological polar surface area (TPSA) is 104 Å². The Balaban J connectivity index is 1.44. The quantitative estimate of drug-likeness (QED) is 0.467. The van der Waals surface area contributed by atoms with Crippen LogP contribution in [-0.2, 0) is 0 Å². The van der Waals surface area contributed by atoms with Gasteiger partial charge in [0.05, 0.1) is 0 Å². The van der Waals surface area contributed by atoms with Crippen LogP contribution in [0.15, 0.2) is 67.0 Å². The number of primary amides is 1. The van der Waals surface area contributed by atoms with Crippen LogP contribution in [0.1, 0.15) is 20.7 Å². The number of hydrogen-bond acceptors (Lipinski definition) is 4. The maximum absolute atomic E-state index is 12.7. The van der Waals surface area contributed by atoms with E-state index in [4.69, 9.17) is 5.73 Å². The first kappa shape index (κ1) is 20.0. The van der Waals surface area contributed by atoms with Crippen LogP contribution in [0.25, 0.3) is 33.3 Å². The SMILES string of the molecule is NC(=O)c1ccc(-c2c[nH]c3ncc(-c4ccc(C(=O)N5CCNCC5)cc4)cc23)cc1. The van der Waals surface area contributed by atoms with Gasteiger partial charge in [-0.3, -0.25) is 9.59 Å². The van der Waals surface area contributed by atoms with Crippen molar-refractivity contribution in [2.45, 2.75) is 0 Å². The van der Waals surface area contributed by atoms with Crippen LogP contribution in [0.5, 0.6) is 0 Å². The van der Waals surface area contributed by atoms with Crippen molar-refractivity contribution >= 4 is 22.8 Å². The third-order valence-corrected chi connectivity index (χ3v) is 5.88. The van der Waals surface area contributed by atoms with Gasteiger partial charge in [-0.05, 0) is 41.5 Å². The summed E-state index contributed by atoms with van der Waals surface area (Å²) in [6.07, 6.45) is 3.74. The zero-order valence-electron chi connectivity index (χ0n) is 17.5. The summed E-state index contributed by atoms with van der Waals surface area (Å²) >= 11 is 0. The Hall–Kier alpha value is -3.97. The van der Waals surface area contributed by atoms with Gasteiger partial charge in [0.15, 0.2) is 0 Å². The van der Waals surface area contributed by atoms with Crippen molar-refractivity contribution < 1.29 is 9.59 Å². The Morgan fingerprint density at radius 3 is 2.22 bits per heavy atom. The molecule has 0 bridgehead atoms. The second-order valence-electron chi connectivity index (χ2n) is 7.88. The molecule has 7 nitrogen and oxygen atoms in total. The standard InChI is InChI=1S/C25H23N5O2/c26-23(31)18-5-3-17(4-6-18)22-15-29-24-21(22)13-20(14-28-24)16-1-7-19(8-2-16)25(32)30-11-9-27-10-12-30/h1-8,13-15,27H,9-12H2,(H2,26,31)(H,28,29). The van der Waals surface area contributed by atoms with Crippen LogP contribution in [0.3, 0.4) is 0 Å². The molecule has 1 saturated heterocycles. The van der Waals surface area contributed by atoms with Gasteiger partial charge in [0.1, 0.15) is 5.65 Å². The molecule has 0 radical (unpaired) electrons. The number of carbonyl (C=O) groups excluding carboxylic acids is 2. The van der Waals surface area contributed by atoms with Gasteiger partial charge in [-0.15, -0.1) is 0 Å². The Morgan fingerprint density at radius 1 is 0.875 bits per heavy atom. The maximum atomic E-state index is 12.7. The fourth-order valence-corrected chi connectivity index (χ4v) is 4.07. The van der Waals surface area contributed by atoms with E-state index in [1.54, 1.807) is 12.1 Å². The highest BCUT2D eigenvalue weighted by atomic mass is 16.2. The number of rotatable bonds is 4. The van der Waals surface area contributed by atoms with E-state index in [0.717, 1.165) is 59.5 Å². The number of aromatic amines is 1. The first-order valence-corrected chi connectivity index (χ1v) is 10.6. The fraction of sp³-hybridized carbons (Fsp3) is 0.160. The summed E-state index contributed by atoms with van der Waals surface area (Å²) in [6, 6.07) is 17.0. The molecule has 5 rings (SSSR count). The molecule has 4 N–H and O–H groups in total. The summed E-state index contributed by atoms with van der Waals surface area (Å²) < 4.78 is 0. The van der Waals surface area contributed by atoms with E-state index < -0.39 is 5.91 Å². The molecule has 2 amide bonds. The van der Waals surface area contributed by atoms with E-state index in [1.165, 1.54) is 0 Å². The summed E-state index contributed by atoms with van der Waals surface area (Å²) in [4.78, 5) is 33.7. The molecular formula is C25H23N5O2. The fourth-order valence-electron chi connectivity index (χ4n) is 4.07. The number of amides is 2. The number of H-pyrrole nitrogens is 1. The molecule has 0 aliphatic carbocycles. The smallest absolute Gasteiger partial charge is 0.253 e. The molecule has 7 heteroatoms. The van der Waals surface area contributed by atoms with Gasteiger partial charge in [-0.1, -0.05) is 24.3 Å². The Bertz CT molecular complexity index is 1290. The lowest BCUT2D eigenvalue weighted by Crippen LogP contribution is -2.46. The molecule has 2 aromatic heterocycles. The van der Waals surface area contributed by atoms with Crippen LogP contribution >= 0.6 is 0 Å². The summed E-state index contributed by atoms with van der Waals surface area (Å²) in [5, 5.41) is 4.25. The van der Waals surface area contributed by atoms with Crippen molar-refractivity contribution in [3.63, 3.8) is 0 Å². The molecule has 2 aromatic carbocycles. The molecule has 160 valence electrons. The highest BCUT2D eigenvalue weighted by molar-refractivity contribution is 5.98. The molecule has 4 aromatic rings. The van der Waals surface area contributed by atoms with Gasteiger partial charge in [0.25, 0.3) is 5.91 Å². The lowest BCUT2D eigenvalue weighted by atomic mass is 10.0. The third-order valence-electron chi connectivity index (χ3n) is 5.88. The van der Waals surface area contributed by atoms with Gasteiger partial charge in [0, 0.05) is 66.2 Å². The highest BCUT2D eigenvalue weighted by Gasteiger charge is 2.18. The molecule has 0 saturated carbocycles. The number of nitrogens with one attached hydrogen (secondary N) is 2. The lowest BCUT2D eigenvalue weighted by molar-refractivity contribution is 0.0735. The molecule has 1 aliphatic heterocycles. The number of fused-ring (bicyclic) bond motifs is 1. The predicted molar refractivity (Wildman–Crippen MR) is 124 cm³/mol. The molecule has 1 fully saturated rings. The maximum Gasteiger partial charge on any atom is 0.253 e. The lowest BCUT2D eigenvalue weighted by Gasteiger charge is -2.27. The summed E-state index contributed by atoms with van der Waals surface area (Å²) in [7, 11) is 0. The molecule has 3 heterocycles. The Labute approximate surface area is 185 Å². The van der Waals surface area contributed by atoms with Gasteiger partial charge in [-0.25, -0.2) is 4.98 Å². The third kappa shape index (κ3) is 3.74. The minimum atomic E-state index is -0.446. The number of benzene rings is 2. The number of aromatic nitrogens is 2. The second kappa shape index (κ2) is 8.28. The van der Waals surface area contributed by atoms with E-state index in [-0.39, 0.29) is 5.91 Å². The van der Waals surface area contributed by atoms with Crippen molar-refractivity contribution in [2.75, 3.05) is 26.2 Å². The van der Waals surface area contributed by atoms with Gasteiger partial charge in [0.2, 0.25) is 5.91 Å². The van der Waals surface area contributed by atoms with Crippen molar-refractivity contribution in [3.05, 3.63) is 78.1 Å². The van der Waals surface area contributed by atoms with Crippen molar-refractivity contribution in [1.29, 1.82) is 0 Å². The monoisotopic (exact) mass is 425 g/mol. The van der Waals surface area contributed by atoms with E-state index in [1.807, 2.05) is 53.7 Å². The molecular weight excluding hydrogens is 402 g/mol. The van der Waals surface area contributed by atoms with Crippen LogP contribution in [0.2, 0.25) is 0 Å². The molecule has 1 aliphatic rings. The number of piperazine rings is 1. The number of pyridine rings is 1. The van der Waals surface area contributed by atoms with Crippen LogP contribution < -0.4 is 11.1 Å². The average Bonchev–Trinajstić information content (AvgIpc) is 3.27. The molecule has 0 atom stereocenters. The summed E-state index contributed by atoms with van der Waals surface area (Å²) in [5.41, 5.74) is 11.2. The zero-order chi connectivity index (χ0) is 22.1. The van der Waals surface area contributed by atoms with Gasteiger partial charge >= 0.3 is 0 Å². The molecule has 32 heavy (non-hydrogen) atoms. The number of hydrogen-bond donors (Lipinski definition) is 3. The van der Waals surface area contributed by atoms with Crippen LogP contribution in [-0.4, -0.2) is 52.9 Å². The minimum Gasteiger partial charge on any atom is -0.366 e. The van der Waals surface area contributed by atoms with Crippen molar-refractivity contribution in [3.8, 4) is 22.3 Å². The number of nitrogens with two attached hydrogens (primary N) is 1. The number of nitrogens with zero attached hydrogens (tertiary/aromatic N) is 2. The van der Waals surface area contributed by atoms with Gasteiger partial charge in [-0.2, -0.15) is 0 Å². The number of carbonyl (C=O) groups is 2. The molecule has 0 unspecified atom stereocenters. The predicted octanol–water partition coefficient (Wildman–Crippen LogP) is 3.04. The van der Waals surface area contributed by atoms with Crippen molar-refractivity contribution in [2.24, 2.45) is 5.73 Å². The van der Waals surface area contributed by atoms with E-state index in [2.05, 4.69) is 21.4 Å². The van der Waals surface area contributed by atoms with E-state index in [0.29, 0.717) is 11.1 Å². The Morgan fingerprint density at radius 2 is 1.53 bits per heavy atom. The minimum absolute atomic E-state index is 0.0685. The zero-order valence-corrected chi connectivity index (χ0v) is 17.5. The largest absolute Gasteiger partial charge is 0.366 e. The summed E-state index contributed by atoms with van der Waals surface area (Å²) in [5.74, 6) is -0.378. The van der Waals surface area contributed by atoms with Crippen molar-refractivity contribution in [1.82, 2.24) is 20.2 Å².